The quantitative estimate of drug-likeness (QED) is 0.0893. The van der Waals surface area contributed by atoms with Crippen LogP contribution in [0.15, 0.2) is 30.5 Å². The van der Waals surface area contributed by atoms with Crippen LogP contribution < -0.4 is 24.9 Å². The van der Waals surface area contributed by atoms with Crippen LogP contribution in [0.2, 0.25) is 33.2 Å². The molecule has 2 aromatic carbocycles. The Labute approximate surface area is 382 Å². The second kappa shape index (κ2) is 20.0. The van der Waals surface area contributed by atoms with Crippen molar-refractivity contribution in [3.8, 4) is 34.5 Å². The van der Waals surface area contributed by atoms with Gasteiger partial charge in [0.25, 0.3) is 8.32 Å². The number of halogens is 3. The lowest BCUT2D eigenvalue weighted by atomic mass is 9.95. The SMILES string of the molecule is CC(C)[Si](C#Cc1c(F)ccc2cc(O[Si](C(C)C)(C(C)C)C(C)C)cc(-c3ncc4c(N5CC(C)(O)CCN5)nc(OC[C@@H]5CCCNC[C@H](F)C5)nc4c3F)c12)(C(C)C)C(C)C. The molecule has 2 fully saturated rings. The first-order chi connectivity index (χ1) is 30.1. The Bertz CT molecular complexity index is 2300. The molecular formula is C50H73F3N6O3Si2. The Kier molecular flexibility index (Phi) is 15.5. The molecule has 2 aromatic heterocycles. The van der Waals surface area contributed by atoms with Crippen molar-refractivity contribution in [1.29, 1.82) is 0 Å². The zero-order valence-electron chi connectivity index (χ0n) is 40.6. The summed E-state index contributed by atoms with van der Waals surface area (Å²) >= 11 is 0. The van der Waals surface area contributed by atoms with Gasteiger partial charge in [-0.1, -0.05) is 95.1 Å². The maximum Gasteiger partial charge on any atom is 0.319 e. The molecule has 0 amide bonds. The molecule has 2 saturated heterocycles. The summed E-state index contributed by atoms with van der Waals surface area (Å²) in [7, 11) is -4.86. The molecule has 0 bridgehead atoms. The van der Waals surface area contributed by atoms with Crippen molar-refractivity contribution < 1.29 is 27.4 Å². The molecule has 3 N–H and O–H groups in total. The van der Waals surface area contributed by atoms with Crippen LogP contribution in [-0.4, -0.2) is 81.0 Å². The molecular weight excluding hydrogens is 846 g/mol. The molecule has 0 radical (unpaired) electrons. The number of ether oxygens (including phenoxy) is 1. The molecule has 4 heterocycles. The van der Waals surface area contributed by atoms with Gasteiger partial charge in [0.05, 0.1) is 29.7 Å². The normalized spacial score (nSPS) is 20.5. The minimum absolute atomic E-state index is 0.0374. The van der Waals surface area contributed by atoms with Crippen LogP contribution in [0.5, 0.6) is 11.8 Å². The van der Waals surface area contributed by atoms with Crippen LogP contribution >= 0.6 is 0 Å². The van der Waals surface area contributed by atoms with Crippen molar-refractivity contribution in [3.05, 3.63) is 47.7 Å². The summed E-state index contributed by atoms with van der Waals surface area (Å²) in [4.78, 5) is 14.3. The highest BCUT2D eigenvalue weighted by Gasteiger charge is 2.47. The first-order valence-corrected chi connectivity index (χ1v) is 28.1. The number of nitrogens with one attached hydrogen (secondary N) is 2. The zero-order valence-corrected chi connectivity index (χ0v) is 42.6. The molecule has 2 aliphatic rings. The third-order valence-corrected chi connectivity index (χ3v) is 26.6. The Hall–Kier alpha value is -3.75. The molecule has 350 valence electrons. The molecule has 0 aliphatic carbocycles. The van der Waals surface area contributed by atoms with E-state index in [2.05, 4.69) is 105 Å². The van der Waals surface area contributed by atoms with E-state index < -0.39 is 39.8 Å². The number of pyridine rings is 1. The molecule has 9 nitrogen and oxygen atoms in total. The van der Waals surface area contributed by atoms with E-state index in [-0.39, 0.29) is 58.5 Å². The third kappa shape index (κ3) is 9.99. The number of alkyl halides is 1. The lowest BCUT2D eigenvalue weighted by molar-refractivity contribution is 0.0412. The van der Waals surface area contributed by atoms with Crippen LogP contribution in [-0.2, 0) is 0 Å². The van der Waals surface area contributed by atoms with E-state index in [1.54, 1.807) is 24.2 Å². The first kappa shape index (κ1) is 49.7. The van der Waals surface area contributed by atoms with Gasteiger partial charge in [0, 0.05) is 30.2 Å². The lowest BCUT2D eigenvalue weighted by Crippen LogP contribution is -2.55. The lowest BCUT2D eigenvalue weighted by Gasteiger charge is -2.42. The molecule has 0 spiro atoms. The van der Waals surface area contributed by atoms with Gasteiger partial charge in [0.2, 0.25) is 0 Å². The van der Waals surface area contributed by atoms with Gasteiger partial charge in [-0.25, -0.2) is 18.6 Å². The Balaban J connectivity index is 1.63. The summed E-state index contributed by atoms with van der Waals surface area (Å²) in [6.45, 7) is 30.2. The zero-order chi connectivity index (χ0) is 46.9. The van der Waals surface area contributed by atoms with Gasteiger partial charge in [0.1, 0.15) is 37.0 Å². The van der Waals surface area contributed by atoms with Gasteiger partial charge in [-0.15, -0.1) is 5.54 Å². The van der Waals surface area contributed by atoms with Gasteiger partial charge in [-0.05, 0) is 102 Å². The van der Waals surface area contributed by atoms with E-state index in [9.17, 15) is 9.50 Å². The number of hydrogen-bond donors (Lipinski definition) is 3. The average Bonchev–Trinajstić information content (AvgIpc) is 3.20. The minimum atomic E-state index is -2.53. The highest BCUT2D eigenvalue weighted by Crippen LogP contribution is 2.46. The van der Waals surface area contributed by atoms with E-state index in [0.29, 0.717) is 75.8 Å². The molecule has 0 saturated carbocycles. The highest BCUT2D eigenvalue weighted by molar-refractivity contribution is 6.90. The molecule has 64 heavy (non-hydrogen) atoms. The molecule has 2 aliphatic heterocycles. The number of anilines is 1. The standard InChI is InChI=1S/C50H73F3N6O3Si2/c1-30(2)63(31(3)4,32(5)6)22-18-40-43(52)17-16-37-24-39(62-64(33(7)8,34(9)10)35(11)12)25-41(44(37)40)46-45(53)47-42(27-55-46)48(59-29-50(13,60)19-21-56-59)58-49(57-47)61-28-36-15-14-20-54-26-38(51)23-36/h16-17,24-25,27,30-36,38,54,56,60H,14-15,19-21,23,26,28-29H2,1-13H3/t36-,38-,50?/m1/s1. The van der Waals surface area contributed by atoms with E-state index >= 15 is 8.78 Å². The molecule has 6 rings (SSSR count). The summed E-state index contributed by atoms with van der Waals surface area (Å²) in [6, 6.07) is 6.87. The second-order valence-electron chi connectivity index (χ2n) is 20.7. The van der Waals surface area contributed by atoms with Gasteiger partial charge in [0.15, 0.2) is 11.6 Å². The molecule has 4 aromatic rings. The van der Waals surface area contributed by atoms with Crippen molar-refractivity contribution >= 4 is 43.9 Å². The van der Waals surface area contributed by atoms with Gasteiger partial charge >= 0.3 is 6.01 Å². The van der Waals surface area contributed by atoms with Gasteiger partial charge in [-0.2, -0.15) is 9.97 Å². The summed E-state index contributed by atoms with van der Waals surface area (Å²) < 4.78 is 62.9. The Morgan fingerprint density at radius 2 is 1.59 bits per heavy atom. The average molecular weight is 919 g/mol. The highest BCUT2D eigenvalue weighted by atomic mass is 28.4. The second-order valence-corrected chi connectivity index (χ2v) is 31.6. The number of benzene rings is 2. The Morgan fingerprint density at radius 1 is 0.922 bits per heavy atom. The summed E-state index contributed by atoms with van der Waals surface area (Å²) in [5.41, 5.74) is 8.13. The fraction of sp³-hybridized carbons (Fsp3) is 0.620. The van der Waals surface area contributed by atoms with Gasteiger partial charge in [-0.3, -0.25) is 9.99 Å². The summed E-state index contributed by atoms with van der Waals surface area (Å²) in [5.74, 6) is 2.94. The largest absolute Gasteiger partial charge is 0.543 e. The van der Waals surface area contributed by atoms with Gasteiger partial charge < -0.3 is 19.6 Å². The predicted octanol–water partition coefficient (Wildman–Crippen LogP) is 11.8. The maximum absolute atomic E-state index is 18.0. The fourth-order valence-corrected chi connectivity index (χ4v) is 21.6. The summed E-state index contributed by atoms with van der Waals surface area (Å²) in [5, 5.41) is 17.4. The number of aromatic nitrogens is 3. The van der Waals surface area contributed by atoms with Crippen LogP contribution in [0.3, 0.4) is 0 Å². The number of nitrogens with zero attached hydrogens (tertiary/aromatic N) is 4. The molecule has 3 atom stereocenters. The topological polar surface area (TPSA) is 105 Å². The number of hydrogen-bond acceptors (Lipinski definition) is 9. The van der Waals surface area contributed by atoms with Crippen molar-refractivity contribution in [2.24, 2.45) is 5.92 Å². The molecule has 14 heteroatoms. The Morgan fingerprint density at radius 3 is 2.22 bits per heavy atom. The number of hydrazine groups is 1. The van der Waals surface area contributed by atoms with Crippen molar-refractivity contribution in [1.82, 2.24) is 25.7 Å². The molecule has 1 unspecified atom stereocenters. The van der Waals surface area contributed by atoms with Crippen LogP contribution in [0, 0.1) is 29.0 Å². The van der Waals surface area contributed by atoms with E-state index in [1.165, 1.54) is 6.07 Å². The monoisotopic (exact) mass is 919 g/mol. The summed E-state index contributed by atoms with van der Waals surface area (Å²) in [6.07, 6.45) is 2.98. The number of β-amino-alcohol motifs (C(OH)–C–C–N with tert-alkyl or cyclic N) is 1. The predicted molar refractivity (Wildman–Crippen MR) is 261 cm³/mol. The van der Waals surface area contributed by atoms with Crippen molar-refractivity contribution in [2.75, 3.05) is 37.8 Å². The van der Waals surface area contributed by atoms with Crippen molar-refractivity contribution in [3.63, 3.8) is 0 Å². The van der Waals surface area contributed by atoms with Crippen LogP contribution in [0.25, 0.3) is 32.9 Å². The number of rotatable bonds is 13. The number of aliphatic hydroxyl groups is 1. The van der Waals surface area contributed by atoms with Crippen molar-refractivity contribution in [2.45, 2.75) is 161 Å². The minimum Gasteiger partial charge on any atom is -0.543 e. The van der Waals surface area contributed by atoms with E-state index in [0.717, 1.165) is 19.4 Å². The van der Waals surface area contributed by atoms with E-state index in [1.807, 2.05) is 12.1 Å². The first-order valence-electron chi connectivity index (χ1n) is 23.7. The van der Waals surface area contributed by atoms with Crippen LogP contribution in [0.4, 0.5) is 19.0 Å². The smallest absolute Gasteiger partial charge is 0.319 e. The van der Waals surface area contributed by atoms with Crippen LogP contribution in [0.1, 0.15) is 121 Å². The third-order valence-electron chi connectivity index (χ3n) is 14.3. The fourth-order valence-electron chi connectivity index (χ4n) is 11.2. The number of fused-ring (bicyclic) bond motifs is 2. The maximum atomic E-state index is 18.0. The van der Waals surface area contributed by atoms with E-state index in [4.69, 9.17) is 24.1 Å².